The number of carbonyl (C=O) groups is 1. The number of hydrogen-bond donors (Lipinski definition) is 0. The molecule has 0 N–H and O–H groups in total. The highest BCUT2D eigenvalue weighted by Crippen LogP contribution is 2.14. The van der Waals surface area contributed by atoms with Gasteiger partial charge < -0.3 is 9.15 Å². The van der Waals surface area contributed by atoms with Crippen LogP contribution in [0, 0.1) is 5.92 Å². The molecule has 0 bridgehead atoms. The van der Waals surface area contributed by atoms with E-state index in [2.05, 4.69) is 0 Å². The monoisotopic (exact) mass is 237 g/mol. The maximum atomic E-state index is 11.8. The molecule has 2 rings (SSSR count). The Kier molecular flexibility index (Phi) is 4.34. The van der Waals surface area contributed by atoms with Gasteiger partial charge in [-0.1, -0.05) is 0 Å². The number of rotatable bonds is 5. The van der Waals surface area contributed by atoms with Crippen LogP contribution in [0.5, 0.6) is 0 Å². The van der Waals surface area contributed by atoms with Crippen LogP contribution >= 0.6 is 0 Å². The minimum absolute atomic E-state index is 0.0363. The first-order chi connectivity index (χ1) is 8.25. The zero-order valence-electron chi connectivity index (χ0n) is 10.2. The van der Waals surface area contributed by atoms with Gasteiger partial charge in [0.2, 0.25) is 5.78 Å². The second-order valence-corrected chi connectivity index (χ2v) is 4.68. The van der Waals surface area contributed by atoms with E-state index in [-0.39, 0.29) is 5.78 Å². The molecule has 0 radical (unpaired) electrons. The third-order valence-electron chi connectivity index (χ3n) is 3.03. The van der Waals surface area contributed by atoms with Crippen molar-refractivity contribution in [1.82, 2.24) is 4.90 Å². The van der Waals surface area contributed by atoms with E-state index in [0.29, 0.717) is 18.2 Å². The van der Waals surface area contributed by atoms with Crippen molar-refractivity contribution in [1.29, 1.82) is 0 Å². The summed E-state index contributed by atoms with van der Waals surface area (Å²) in [6.45, 7) is 3.02. The van der Waals surface area contributed by atoms with E-state index < -0.39 is 0 Å². The van der Waals surface area contributed by atoms with Crippen molar-refractivity contribution in [2.45, 2.75) is 12.8 Å². The van der Waals surface area contributed by atoms with E-state index in [1.54, 1.807) is 12.1 Å². The third kappa shape index (κ3) is 3.68. The number of likely N-dealkylation sites (N-methyl/N-ethyl adjacent to an activating group) is 1. The number of nitrogens with zero attached hydrogens (tertiary/aromatic N) is 1. The van der Waals surface area contributed by atoms with Crippen LogP contribution in [0.25, 0.3) is 0 Å². The van der Waals surface area contributed by atoms with Gasteiger partial charge in [-0.05, 0) is 37.9 Å². The average Bonchev–Trinajstić information content (AvgIpc) is 2.83. The van der Waals surface area contributed by atoms with Gasteiger partial charge in [0.05, 0.1) is 19.4 Å². The van der Waals surface area contributed by atoms with E-state index in [1.807, 2.05) is 11.9 Å². The molecule has 1 saturated heterocycles. The van der Waals surface area contributed by atoms with Gasteiger partial charge in [0.15, 0.2) is 5.76 Å². The standard InChI is InChI=1S/C13H19NO3/c1-14(8-11-4-2-6-16-10-11)9-12(15)13-5-3-7-17-13/h3,5,7,11H,2,4,6,8-10H2,1H3. The SMILES string of the molecule is CN(CC(=O)c1ccco1)CC1CCCOC1. The zero-order valence-corrected chi connectivity index (χ0v) is 10.2. The lowest BCUT2D eigenvalue weighted by Crippen LogP contribution is -2.34. The molecule has 1 aliphatic rings. The number of ether oxygens (including phenoxy) is 1. The number of carbonyl (C=O) groups excluding carboxylic acids is 1. The molecular weight excluding hydrogens is 218 g/mol. The minimum atomic E-state index is 0.0363. The molecule has 1 aromatic rings. The molecule has 0 amide bonds. The smallest absolute Gasteiger partial charge is 0.211 e. The first-order valence-electron chi connectivity index (χ1n) is 6.08. The molecule has 4 nitrogen and oxygen atoms in total. The number of Topliss-reactive ketones (excluding diaryl/α,β-unsaturated/α-hetero) is 1. The van der Waals surface area contributed by atoms with E-state index in [1.165, 1.54) is 12.7 Å². The molecule has 0 saturated carbocycles. The summed E-state index contributed by atoms with van der Waals surface area (Å²) in [6.07, 6.45) is 3.85. The number of hydrogen-bond acceptors (Lipinski definition) is 4. The Morgan fingerprint density at radius 1 is 1.59 bits per heavy atom. The average molecular weight is 237 g/mol. The van der Waals surface area contributed by atoms with Crippen LogP contribution in [0.1, 0.15) is 23.4 Å². The highest BCUT2D eigenvalue weighted by atomic mass is 16.5. The summed E-state index contributed by atoms with van der Waals surface area (Å²) in [7, 11) is 1.97. The van der Waals surface area contributed by atoms with Crippen molar-refractivity contribution in [3.8, 4) is 0 Å². The van der Waals surface area contributed by atoms with Gasteiger partial charge in [0, 0.05) is 13.2 Å². The molecule has 1 aromatic heterocycles. The summed E-state index contributed by atoms with van der Waals surface area (Å²) in [6, 6.07) is 3.45. The second-order valence-electron chi connectivity index (χ2n) is 4.68. The molecule has 2 heterocycles. The summed E-state index contributed by atoms with van der Waals surface area (Å²) in [4.78, 5) is 13.8. The molecule has 4 heteroatoms. The summed E-state index contributed by atoms with van der Waals surface area (Å²) < 4.78 is 10.5. The van der Waals surface area contributed by atoms with Crippen LogP contribution in [-0.4, -0.2) is 44.0 Å². The largest absolute Gasteiger partial charge is 0.461 e. The third-order valence-corrected chi connectivity index (χ3v) is 3.03. The van der Waals surface area contributed by atoms with Gasteiger partial charge in [-0.2, -0.15) is 0 Å². The van der Waals surface area contributed by atoms with Gasteiger partial charge in [0.25, 0.3) is 0 Å². The van der Waals surface area contributed by atoms with Crippen LogP contribution in [0.2, 0.25) is 0 Å². The fourth-order valence-electron chi connectivity index (χ4n) is 2.22. The van der Waals surface area contributed by atoms with Crippen molar-refractivity contribution >= 4 is 5.78 Å². The molecule has 94 valence electrons. The molecule has 17 heavy (non-hydrogen) atoms. The van der Waals surface area contributed by atoms with Crippen molar-refractivity contribution in [2.75, 3.05) is 33.4 Å². The van der Waals surface area contributed by atoms with Gasteiger partial charge in [-0.25, -0.2) is 0 Å². The highest BCUT2D eigenvalue weighted by molar-refractivity contribution is 5.94. The molecule has 0 spiro atoms. The minimum Gasteiger partial charge on any atom is -0.461 e. The first-order valence-corrected chi connectivity index (χ1v) is 6.08. The Balaban J connectivity index is 1.76. The van der Waals surface area contributed by atoms with Crippen molar-refractivity contribution < 1.29 is 13.9 Å². The number of furan rings is 1. The molecule has 1 aliphatic heterocycles. The predicted molar refractivity (Wildman–Crippen MR) is 64.1 cm³/mol. The van der Waals surface area contributed by atoms with Gasteiger partial charge in [0.1, 0.15) is 0 Å². The molecule has 1 atom stereocenters. The van der Waals surface area contributed by atoms with Crippen molar-refractivity contribution in [3.05, 3.63) is 24.2 Å². The fourth-order valence-corrected chi connectivity index (χ4v) is 2.22. The second kappa shape index (κ2) is 5.98. The van der Waals surface area contributed by atoms with Crippen molar-refractivity contribution in [2.24, 2.45) is 5.92 Å². The lowest BCUT2D eigenvalue weighted by Gasteiger charge is -2.26. The van der Waals surface area contributed by atoms with Crippen LogP contribution in [0.4, 0.5) is 0 Å². The molecule has 0 aliphatic carbocycles. The van der Waals surface area contributed by atoms with E-state index in [9.17, 15) is 4.79 Å². The molecule has 1 unspecified atom stereocenters. The summed E-state index contributed by atoms with van der Waals surface area (Å²) in [5.41, 5.74) is 0. The zero-order chi connectivity index (χ0) is 12.1. The Morgan fingerprint density at radius 2 is 2.47 bits per heavy atom. The molecular formula is C13H19NO3. The summed E-state index contributed by atoms with van der Waals surface area (Å²) in [5.74, 6) is 1.03. The first kappa shape index (κ1) is 12.3. The quantitative estimate of drug-likeness (QED) is 0.733. The Labute approximate surface area is 102 Å². The van der Waals surface area contributed by atoms with Crippen LogP contribution in [0.3, 0.4) is 0 Å². The van der Waals surface area contributed by atoms with Crippen LogP contribution in [-0.2, 0) is 4.74 Å². The van der Waals surface area contributed by atoms with Gasteiger partial charge in [-0.3, -0.25) is 9.69 Å². The van der Waals surface area contributed by atoms with Crippen molar-refractivity contribution in [3.63, 3.8) is 0 Å². The summed E-state index contributed by atoms with van der Waals surface area (Å²) in [5, 5.41) is 0. The van der Waals surface area contributed by atoms with E-state index in [0.717, 1.165) is 26.2 Å². The topological polar surface area (TPSA) is 42.7 Å². The Hall–Kier alpha value is -1.13. The maximum absolute atomic E-state index is 11.8. The fraction of sp³-hybridized carbons (Fsp3) is 0.615. The summed E-state index contributed by atoms with van der Waals surface area (Å²) >= 11 is 0. The highest BCUT2D eigenvalue weighted by Gasteiger charge is 2.18. The molecule has 1 fully saturated rings. The lowest BCUT2D eigenvalue weighted by molar-refractivity contribution is 0.0414. The maximum Gasteiger partial charge on any atom is 0.211 e. The Morgan fingerprint density at radius 3 is 3.12 bits per heavy atom. The van der Waals surface area contributed by atoms with Gasteiger partial charge in [-0.15, -0.1) is 0 Å². The predicted octanol–water partition coefficient (Wildman–Crippen LogP) is 1.82. The van der Waals surface area contributed by atoms with Gasteiger partial charge >= 0.3 is 0 Å². The van der Waals surface area contributed by atoms with Crippen LogP contribution in [0.15, 0.2) is 22.8 Å². The lowest BCUT2D eigenvalue weighted by atomic mass is 10.0. The van der Waals surface area contributed by atoms with E-state index >= 15 is 0 Å². The Bertz CT molecular complexity index is 342. The normalized spacial score (nSPS) is 20.7. The van der Waals surface area contributed by atoms with E-state index in [4.69, 9.17) is 9.15 Å². The number of ketones is 1. The molecule has 0 aromatic carbocycles. The van der Waals surface area contributed by atoms with Crippen LogP contribution < -0.4 is 0 Å².